The number of carbonyl (C=O) groups excluding carboxylic acids is 1. The fraction of sp³-hybridized carbons (Fsp3) is 0.417. The zero-order chi connectivity index (χ0) is 10.9. The molecule has 1 aliphatic rings. The second-order valence-electron chi connectivity index (χ2n) is 3.86. The molecule has 1 aliphatic heterocycles. The topological polar surface area (TPSA) is 35.5 Å². The first-order chi connectivity index (χ1) is 7.17. The third kappa shape index (κ3) is 1.88. The van der Waals surface area contributed by atoms with E-state index >= 15 is 0 Å². The van der Waals surface area contributed by atoms with E-state index in [0.717, 1.165) is 24.0 Å². The summed E-state index contributed by atoms with van der Waals surface area (Å²) in [6.45, 7) is 4.44. The van der Waals surface area contributed by atoms with Gasteiger partial charge in [0, 0.05) is 24.5 Å². The van der Waals surface area contributed by atoms with Crippen LogP contribution in [0.5, 0.6) is 5.75 Å². The highest BCUT2D eigenvalue weighted by atomic mass is 16.7. The van der Waals surface area contributed by atoms with Crippen molar-refractivity contribution in [1.82, 2.24) is 0 Å². The second kappa shape index (κ2) is 3.66. The maximum Gasteiger partial charge on any atom is 0.207 e. The number of carbonyl (C=O) groups is 1. The van der Waals surface area contributed by atoms with Gasteiger partial charge in [0.25, 0.3) is 0 Å². The van der Waals surface area contributed by atoms with E-state index in [4.69, 9.17) is 9.47 Å². The summed E-state index contributed by atoms with van der Waals surface area (Å²) in [5.41, 5.74) is 1.59. The molecule has 3 heteroatoms. The van der Waals surface area contributed by atoms with Gasteiger partial charge in [-0.2, -0.15) is 0 Å². The summed E-state index contributed by atoms with van der Waals surface area (Å²) in [5.74, 6) is 0.284. The average molecular weight is 206 g/mol. The van der Waals surface area contributed by atoms with Gasteiger partial charge in [0.1, 0.15) is 12.0 Å². The quantitative estimate of drug-likeness (QED) is 0.697. The molecule has 0 bridgehead atoms. The van der Waals surface area contributed by atoms with Crippen LogP contribution in [-0.2, 0) is 11.3 Å². The predicted octanol–water partition coefficient (Wildman–Crippen LogP) is 2.53. The summed E-state index contributed by atoms with van der Waals surface area (Å²) in [6, 6.07) is 5.39. The fourth-order valence-electron chi connectivity index (χ4n) is 1.55. The first kappa shape index (κ1) is 10.2. The molecule has 1 atom stereocenters. The molecule has 3 nitrogen and oxygen atoms in total. The Hall–Kier alpha value is -1.35. The van der Waals surface area contributed by atoms with E-state index in [1.54, 1.807) is 12.1 Å². The minimum Gasteiger partial charge on any atom is -0.462 e. The van der Waals surface area contributed by atoms with Crippen molar-refractivity contribution in [3.05, 3.63) is 29.3 Å². The van der Waals surface area contributed by atoms with Crippen LogP contribution in [0, 0.1) is 0 Å². The van der Waals surface area contributed by atoms with Crippen LogP contribution in [0.4, 0.5) is 0 Å². The van der Waals surface area contributed by atoms with E-state index in [2.05, 4.69) is 0 Å². The van der Waals surface area contributed by atoms with Gasteiger partial charge in [0.05, 0.1) is 6.61 Å². The predicted molar refractivity (Wildman–Crippen MR) is 55.9 cm³/mol. The summed E-state index contributed by atoms with van der Waals surface area (Å²) < 4.78 is 11.3. The van der Waals surface area contributed by atoms with Gasteiger partial charge >= 0.3 is 0 Å². The lowest BCUT2D eigenvalue weighted by Crippen LogP contribution is -2.38. The van der Waals surface area contributed by atoms with Gasteiger partial charge in [-0.3, -0.25) is 4.79 Å². The lowest BCUT2D eigenvalue weighted by atomic mass is 10.1. The van der Waals surface area contributed by atoms with Crippen LogP contribution in [0.2, 0.25) is 0 Å². The minimum absolute atomic E-state index is 0.501. The Balaban J connectivity index is 2.32. The highest BCUT2D eigenvalue weighted by Gasteiger charge is 2.30. The van der Waals surface area contributed by atoms with Crippen LogP contribution in [0.25, 0.3) is 0 Å². The zero-order valence-electron chi connectivity index (χ0n) is 8.95. The molecule has 1 unspecified atom stereocenters. The van der Waals surface area contributed by atoms with Crippen LogP contribution in [0.1, 0.15) is 36.2 Å². The first-order valence-electron chi connectivity index (χ1n) is 5.08. The molecule has 2 rings (SSSR count). The van der Waals surface area contributed by atoms with Crippen molar-refractivity contribution in [2.75, 3.05) is 0 Å². The molecule has 1 heterocycles. The van der Waals surface area contributed by atoms with Crippen molar-refractivity contribution in [3.63, 3.8) is 0 Å². The standard InChI is InChI=1S/C12H14O3/c1-3-12(2)14-8-10-6-9(7-13)4-5-11(10)15-12/h4-7H,3,8H2,1-2H3. The van der Waals surface area contributed by atoms with Gasteiger partial charge in [-0.25, -0.2) is 0 Å². The number of ether oxygens (including phenoxy) is 2. The molecule has 0 amide bonds. The van der Waals surface area contributed by atoms with Crippen LogP contribution in [0.15, 0.2) is 18.2 Å². The van der Waals surface area contributed by atoms with Crippen LogP contribution in [0.3, 0.4) is 0 Å². The average Bonchev–Trinajstić information content (AvgIpc) is 2.28. The van der Waals surface area contributed by atoms with Gasteiger partial charge in [-0.15, -0.1) is 0 Å². The Kier molecular flexibility index (Phi) is 2.49. The highest BCUT2D eigenvalue weighted by Crippen LogP contribution is 2.33. The lowest BCUT2D eigenvalue weighted by Gasteiger charge is -2.34. The number of hydrogen-bond acceptors (Lipinski definition) is 3. The zero-order valence-corrected chi connectivity index (χ0v) is 8.95. The van der Waals surface area contributed by atoms with Gasteiger partial charge in [-0.05, 0) is 18.2 Å². The van der Waals surface area contributed by atoms with Crippen LogP contribution in [-0.4, -0.2) is 12.1 Å². The molecule has 0 fully saturated rings. The van der Waals surface area contributed by atoms with Crippen LogP contribution < -0.4 is 4.74 Å². The maximum atomic E-state index is 10.6. The maximum absolute atomic E-state index is 10.6. The Morgan fingerprint density at radius 2 is 2.33 bits per heavy atom. The van der Waals surface area contributed by atoms with E-state index in [1.807, 2.05) is 19.9 Å². The summed E-state index contributed by atoms with van der Waals surface area (Å²) in [7, 11) is 0. The van der Waals surface area contributed by atoms with Crippen molar-refractivity contribution in [3.8, 4) is 5.75 Å². The molecule has 0 radical (unpaired) electrons. The Bertz CT molecular complexity index is 386. The molecular formula is C12H14O3. The Labute approximate surface area is 89.0 Å². The van der Waals surface area contributed by atoms with Crippen molar-refractivity contribution in [2.45, 2.75) is 32.7 Å². The van der Waals surface area contributed by atoms with E-state index in [1.165, 1.54) is 0 Å². The van der Waals surface area contributed by atoms with Crippen molar-refractivity contribution in [1.29, 1.82) is 0 Å². The van der Waals surface area contributed by atoms with Crippen LogP contribution >= 0.6 is 0 Å². The number of benzene rings is 1. The molecule has 0 aromatic heterocycles. The van der Waals surface area contributed by atoms with E-state index in [9.17, 15) is 4.79 Å². The highest BCUT2D eigenvalue weighted by molar-refractivity contribution is 5.75. The molecule has 0 saturated heterocycles. The van der Waals surface area contributed by atoms with E-state index in [0.29, 0.717) is 12.2 Å². The third-order valence-electron chi connectivity index (χ3n) is 2.72. The molecule has 15 heavy (non-hydrogen) atoms. The monoisotopic (exact) mass is 206 g/mol. The van der Waals surface area contributed by atoms with E-state index in [-0.39, 0.29) is 0 Å². The van der Waals surface area contributed by atoms with Gasteiger partial charge in [0.15, 0.2) is 0 Å². The molecule has 0 spiro atoms. The minimum atomic E-state index is -0.532. The molecule has 1 aromatic carbocycles. The normalized spacial score (nSPS) is 24.1. The summed E-state index contributed by atoms with van der Waals surface area (Å²) in [4.78, 5) is 10.6. The number of hydrogen-bond donors (Lipinski definition) is 0. The largest absolute Gasteiger partial charge is 0.462 e. The van der Waals surface area contributed by atoms with Gasteiger partial charge < -0.3 is 9.47 Å². The SMILES string of the molecule is CCC1(C)OCc2cc(C=O)ccc2O1. The van der Waals surface area contributed by atoms with E-state index < -0.39 is 5.79 Å². The number of aldehydes is 1. The summed E-state index contributed by atoms with van der Waals surface area (Å²) >= 11 is 0. The number of fused-ring (bicyclic) bond motifs is 1. The summed E-state index contributed by atoms with van der Waals surface area (Å²) in [6.07, 6.45) is 1.62. The second-order valence-corrected chi connectivity index (χ2v) is 3.86. The molecule has 0 aliphatic carbocycles. The smallest absolute Gasteiger partial charge is 0.207 e. The molecule has 80 valence electrons. The Morgan fingerprint density at radius 1 is 1.53 bits per heavy atom. The van der Waals surface area contributed by atoms with Crippen molar-refractivity contribution >= 4 is 6.29 Å². The lowest BCUT2D eigenvalue weighted by molar-refractivity contribution is -0.194. The van der Waals surface area contributed by atoms with Gasteiger partial charge in [0.2, 0.25) is 5.79 Å². The van der Waals surface area contributed by atoms with Crippen molar-refractivity contribution in [2.24, 2.45) is 0 Å². The summed E-state index contributed by atoms with van der Waals surface area (Å²) in [5, 5.41) is 0. The van der Waals surface area contributed by atoms with Crippen molar-refractivity contribution < 1.29 is 14.3 Å². The van der Waals surface area contributed by atoms with Gasteiger partial charge in [-0.1, -0.05) is 6.92 Å². The Morgan fingerprint density at radius 3 is 3.00 bits per heavy atom. The first-order valence-corrected chi connectivity index (χ1v) is 5.08. The molecular weight excluding hydrogens is 192 g/mol. The molecule has 0 N–H and O–H groups in total. The number of rotatable bonds is 2. The molecule has 1 aromatic rings. The fourth-order valence-corrected chi connectivity index (χ4v) is 1.55. The third-order valence-corrected chi connectivity index (χ3v) is 2.72. The molecule has 0 saturated carbocycles.